The molecule has 174 valence electrons. The Labute approximate surface area is 192 Å². The topological polar surface area (TPSA) is 62.8 Å². The average Bonchev–Trinajstić information content (AvgIpc) is 2.81. The van der Waals surface area contributed by atoms with Crippen molar-refractivity contribution in [2.24, 2.45) is 0 Å². The highest BCUT2D eigenvalue weighted by Crippen LogP contribution is 2.40. The number of methoxy groups -OCH3 is 2. The SMILES string of the molecule is CCCNC(=O)N[C@H](CC)[C@@H]1c2cc(OC)c(OC)cc2CCN1Cc1ccccc1C. The summed E-state index contributed by atoms with van der Waals surface area (Å²) in [4.78, 5) is 15.1. The smallest absolute Gasteiger partial charge is 0.315 e. The van der Waals surface area contributed by atoms with Crippen molar-refractivity contribution in [3.63, 3.8) is 0 Å². The zero-order chi connectivity index (χ0) is 23.1. The van der Waals surface area contributed by atoms with Gasteiger partial charge in [0.25, 0.3) is 0 Å². The first-order valence-electron chi connectivity index (χ1n) is 11.6. The maximum Gasteiger partial charge on any atom is 0.315 e. The van der Waals surface area contributed by atoms with Crippen LogP contribution < -0.4 is 20.1 Å². The van der Waals surface area contributed by atoms with Crippen LogP contribution in [0.15, 0.2) is 36.4 Å². The second-order valence-corrected chi connectivity index (χ2v) is 8.41. The third kappa shape index (κ3) is 5.36. The second kappa shape index (κ2) is 11.2. The Morgan fingerprint density at radius 3 is 2.53 bits per heavy atom. The highest BCUT2D eigenvalue weighted by molar-refractivity contribution is 5.74. The van der Waals surface area contributed by atoms with Crippen LogP contribution in [0.3, 0.4) is 0 Å². The predicted octanol–water partition coefficient (Wildman–Crippen LogP) is 4.60. The lowest BCUT2D eigenvalue weighted by atomic mass is 9.86. The highest BCUT2D eigenvalue weighted by atomic mass is 16.5. The fourth-order valence-electron chi connectivity index (χ4n) is 4.55. The minimum atomic E-state index is -0.109. The van der Waals surface area contributed by atoms with E-state index in [1.54, 1.807) is 14.2 Å². The summed E-state index contributed by atoms with van der Waals surface area (Å²) in [5.41, 5.74) is 5.05. The first-order chi connectivity index (χ1) is 15.5. The zero-order valence-corrected chi connectivity index (χ0v) is 20.0. The van der Waals surface area contributed by atoms with Crippen molar-refractivity contribution in [1.29, 1.82) is 0 Å². The fraction of sp³-hybridized carbons (Fsp3) is 0.500. The maximum atomic E-state index is 12.6. The van der Waals surface area contributed by atoms with Crippen molar-refractivity contribution < 1.29 is 14.3 Å². The van der Waals surface area contributed by atoms with Crippen LogP contribution in [-0.4, -0.2) is 44.3 Å². The van der Waals surface area contributed by atoms with Crippen LogP contribution in [0, 0.1) is 6.92 Å². The van der Waals surface area contributed by atoms with Gasteiger partial charge in [0.05, 0.1) is 26.3 Å². The highest BCUT2D eigenvalue weighted by Gasteiger charge is 2.35. The fourth-order valence-corrected chi connectivity index (χ4v) is 4.55. The van der Waals surface area contributed by atoms with Gasteiger partial charge in [-0.1, -0.05) is 38.1 Å². The number of ether oxygens (including phenoxy) is 2. The molecule has 0 saturated carbocycles. The summed E-state index contributed by atoms with van der Waals surface area (Å²) >= 11 is 0. The Bertz CT molecular complexity index is 915. The van der Waals surface area contributed by atoms with E-state index in [9.17, 15) is 4.79 Å². The molecule has 1 heterocycles. The lowest BCUT2D eigenvalue weighted by Crippen LogP contribution is -2.51. The number of hydrogen-bond acceptors (Lipinski definition) is 4. The number of rotatable bonds is 9. The number of aryl methyl sites for hydroxylation is 1. The molecular formula is C26H37N3O3. The van der Waals surface area contributed by atoms with Gasteiger partial charge in [0.2, 0.25) is 0 Å². The van der Waals surface area contributed by atoms with Gasteiger partial charge in [-0.2, -0.15) is 0 Å². The molecule has 6 heteroatoms. The van der Waals surface area contributed by atoms with Crippen LogP contribution in [0.25, 0.3) is 0 Å². The van der Waals surface area contributed by atoms with Crippen LogP contribution in [0.5, 0.6) is 11.5 Å². The predicted molar refractivity (Wildman–Crippen MR) is 128 cm³/mol. The quantitative estimate of drug-likeness (QED) is 0.599. The largest absolute Gasteiger partial charge is 0.493 e. The Morgan fingerprint density at radius 2 is 1.88 bits per heavy atom. The van der Waals surface area contributed by atoms with Crippen molar-refractivity contribution in [3.05, 3.63) is 58.7 Å². The van der Waals surface area contributed by atoms with Gasteiger partial charge in [-0.15, -0.1) is 0 Å². The standard InChI is InChI=1S/C26H37N3O3/c1-6-13-27-26(30)28-22(7-2)25-21-16-24(32-5)23(31-4)15-19(21)12-14-29(25)17-20-11-9-8-10-18(20)3/h8-11,15-16,22,25H,6-7,12-14,17H2,1-5H3,(H2,27,28,30)/t22-,25+/m1/s1. The van der Waals surface area contributed by atoms with E-state index in [0.29, 0.717) is 6.54 Å². The van der Waals surface area contributed by atoms with Crippen molar-refractivity contribution in [2.75, 3.05) is 27.3 Å². The molecule has 0 bridgehead atoms. The van der Waals surface area contributed by atoms with Crippen molar-refractivity contribution >= 4 is 6.03 Å². The summed E-state index contributed by atoms with van der Waals surface area (Å²) < 4.78 is 11.2. The molecule has 2 atom stereocenters. The number of hydrogen-bond donors (Lipinski definition) is 2. The number of carbonyl (C=O) groups excluding carboxylic acids is 1. The van der Waals surface area contributed by atoms with E-state index in [4.69, 9.17) is 9.47 Å². The molecule has 0 unspecified atom stereocenters. The van der Waals surface area contributed by atoms with Crippen LogP contribution in [-0.2, 0) is 13.0 Å². The summed E-state index contributed by atoms with van der Waals surface area (Å²) in [6.45, 7) is 8.76. The zero-order valence-electron chi connectivity index (χ0n) is 20.0. The molecule has 3 rings (SSSR count). The third-order valence-corrected chi connectivity index (χ3v) is 6.33. The minimum absolute atomic E-state index is 0.0342. The lowest BCUT2D eigenvalue weighted by molar-refractivity contribution is 0.135. The molecule has 0 fully saturated rings. The molecule has 6 nitrogen and oxygen atoms in total. The van der Waals surface area contributed by atoms with Crippen molar-refractivity contribution in [1.82, 2.24) is 15.5 Å². The number of nitrogens with one attached hydrogen (secondary N) is 2. The number of urea groups is 1. The summed E-state index contributed by atoms with van der Waals surface area (Å²) in [6.07, 6.45) is 2.66. The molecule has 1 aliphatic heterocycles. The number of fused-ring (bicyclic) bond motifs is 1. The summed E-state index contributed by atoms with van der Waals surface area (Å²) in [5.74, 6) is 1.47. The molecule has 2 aromatic carbocycles. The molecule has 1 aliphatic rings. The van der Waals surface area contributed by atoms with Crippen LogP contribution in [0.2, 0.25) is 0 Å². The lowest BCUT2D eigenvalue weighted by Gasteiger charge is -2.42. The molecular weight excluding hydrogens is 402 g/mol. The number of nitrogens with zero attached hydrogens (tertiary/aromatic N) is 1. The maximum absolute atomic E-state index is 12.6. The van der Waals surface area contributed by atoms with E-state index in [-0.39, 0.29) is 18.1 Å². The molecule has 0 aromatic heterocycles. The molecule has 0 saturated heterocycles. The first kappa shape index (κ1) is 23.9. The van der Waals surface area contributed by atoms with Crippen LogP contribution >= 0.6 is 0 Å². The summed E-state index contributed by atoms with van der Waals surface area (Å²) in [7, 11) is 3.34. The van der Waals surface area contributed by atoms with Gasteiger partial charge in [0.15, 0.2) is 11.5 Å². The average molecular weight is 440 g/mol. The van der Waals surface area contributed by atoms with Gasteiger partial charge >= 0.3 is 6.03 Å². The molecule has 2 amide bonds. The molecule has 0 spiro atoms. The second-order valence-electron chi connectivity index (χ2n) is 8.41. The van der Waals surface area contributed by atoms with E-state index in [1.165, 1.54) is 22.3 Å². The van der Waals surface area contributed by atoms with Gasteiger partial charge in [0.1, 0.15) is 0 Å². The van der Waals surface area contributed by atoms with E-state index in [1.807, 2.05) is 0 Å². The van der Waals surface area contributed by atoms with Gasteiger partial charge in [-0.25, -0.2) is 4.79 Å². The summed E-state index contributed by atoms with van der Waals surface area (Å²) in [6, 6.07) is 12.6. The number of benzene rings is 2. The molecule has 32 heavy (non-hydrogen) atoms. The molecule has 2 aromatic rings. The van der Waals surface area contributed by atoms with Crippen molar-refractivity contribution in [3.8, 4) is 11.5 Å². The Balaban J connectivity index is 2.00. The minimum Gasteiger partial charge on any atom is -0.493 e. The van der Waals surface area contributed by atoms with E-state index < -0.39 is 0 Å². The Morgan fingerprint density at radius 1 is 1.16 bits per heavy atom. The normalized spacial score (nSPS) is 16.7. The molecule has 0 aliphatic carbocycles. The van der Waals surface area contributed by atoms with E-state index >= 15 is 0 Å². The van der Waals surface area contributed by atoms with Gasteiger partial charge < -0.3 is 20.1 Å². The van der Waals surface area contributed by atoms with Crippen LogP contribution in [0.1, 0.15) is 55.0 Å². The van der Waals surface area contributed by atoms with Crippen molar-refractivity contribution in [2.45, 2.75) is 58.7 Å². The number of amides is 2. The first-order valence-corrected chi connectivity index (χ1v) is 11.6. The van der Waals surface area contributed by atoms with Gasteiger partial charge in [-0.05, 0) is 60.6 Å². The van der Waals surface area contributed by atoms with E-state index in [2.05, 4.69) is 72.7 Å². The molecule has 0 radical (unpaired) electrons. The number of carbonyl (C=O) groups is 1. The van der Waals surface area contributed by atoms with Gasteiger partial charge in [0, 0.05) is 19.6 Å². The Kier molecular flexibility index (Phi) is 8.39. The third-order valence-electron chi connectivity index (χ3n) is 6.33. The van der Waals surface area contributed by atoms with Crippen LogP contribution in [0.4, 0.5) is 4.79 Å². The molecule has 2 N–H and O–H groups in total. The Hall–Kier alpha value is -2.73. The summed E-state index contributed by atoms with van der Waals surface area (Å²) in [5, 5.41) is 6.21. The monoisotopic (exact) mass is 439 g/mol. The van der Waals surface area contributed by atoms with E-state index in [0.717, 1.165) is 43.9 Å². The van der Waals surface area contributed by atoms with Gasteiger partial charge in [-0.3, -0.25) is 4.90 Å².